The third kappa shape index (κ3) is 11.3. The lowest BCUT2D eigenvalue weighted by molar-refractivity contribution is -0.143. The van der Waals surface area contributed by atoms with Gasteiger partial charge in [-0.05, 0) is 112 Å². The molecule has 0 aromatic heterocycles. The largest absolute Gasteiger partial charge is 0.508 e. The van der Waals surface area contributed by atoms with Crippen LogP contribution in [0.1, 0.15) is 75.3 Å². The second-order valence-electron chi connectivity index (χ2n) is 20.4. The first kappa shape index (κ1) is 58.6. The first-order valence-corrected chi connectivity index (χ1v) is 27.1. The molecule has 0 spiro atoms. The van der Waals surface area contributed by atoms with Crippen LogP contribution in [0.2, 0.25) is 15.1 Å². The number of phenols is 5. The molecule has 0 fully saturated rings. The summed E-state index contributed by atoms with van der Waals surface area (Å²) in [6, 6.07) is 7.43. The molecule has 8 atom stereocenters. The van der Waals surface area contributed by atoms with Crippen LogP contribution in [-0.2, 0) is 40.0 Å². The van der Waals surface area contributed by atoms with Crippen LogP contribution in [0.25, 0.3) is 11.1 Å². The summed E-state index contributed by atoms with van der Waals surface area (Å²) in [5, 5.41) is 92.9. The van der Waals surface area contributed by atoms with Crippen molar-refractivity contribution in [1.29, 1.82) is 0 Å². The monoisotopic (exact) mass is 1250 g/mol. The van der Waals surface area contributed by atoms with E-state index in [1.807, 2.05) is 0 Å². The number of benzene rings is 7. The maximum Gasteiger partial charge on any atom is 0.330 e. The van der Waals surface area contributed by atoms with E-state index >= 15 is 14.4 Å². The molecule has 17 bridgehead atoms. The Balaban J connectivity index is 1.16. The summed E-state index contributed by atoms with van der Waals surface area (Å²) in [6.45, 7) is 0. The molecule has 87 heavy (non-hydrogen) atoms. The lowest BCUT2D eigenvalue weighted by Gasteiger charge is -2.31. The molecule has 13 rings (SSSR count). The molecule has 6 heterocycles. The highest BCUT2D eigenvalue weighted by atomic mass is 35.5. The normalized spacial score (nSPS) is 21.8. The second-order valence-corrected chi connectivity index (χ2v) is 21.6. The Hall–Kier alpha value is -10.2. The SMILES string of the molecule is COc1c2cc3cc1Oc1ccc(cc1Cl)[C@@H](O)C1NC(=O)C(NC(=O)[C@H]3NC(=O)[C@@H]3NC(=O)[C@H](Cc4ccc(c(Cl)c4)O2)NC(=O)[C@@H](N)c2ccc(O)c(c2)Oc2cc(O)cc3c2)c2cc(Cl)c(O)c(c2)-c2c(O)cc(O)cc2[C@H](C(=O)O)NC1=O. The number of nitrogens with two attached hydrogens (primary N) is 1. The summed E-state index contributed by atoms with van der Waals surface area (Å²) >= 11 is 20.5. The first-order valence-electron chi connectivity index (χ1n) is 26.0. The van der Waals surface area contributed by atoms with Gasteiger partial charge in [0, 0.05) is 35.2 Å². The Labute approximate surface area is 505 Å². The molecule has 0 radical (unpaired) electrons. The van der Waals surface area contributed by atoms with Crippen LogP contribution < -0.4 is 56.6 Å². The van der Waals surface area contributed by atoms with Gasteiger partial charge in [-0.1, -0.05) is 53.0 Å². The molecular weight excluding hydrogens is 1200 g/mol. The number of amides is 6. The van der Waals surface area contributed by atoms with E-state index in [0.717, 1.165) is 42.5 Å². The van der Waals surface area contributed by atoms with Gasteiger partial charge in [-0.2, -0.15) is 0 Å². The first-order chi connectivity index (χ1) is 41.4. The van der Waals surface area contributed by atoms with E-state index in [1.54, 1.807) is 0 Å². The number of carbonyl (C=O) groups is 7. The van der Waals surface area contributed by atoms with Crippen molar-refractivity contribution < 1.29 is 88.3 Å². The van der Waals surface area contributed by atoms with E-state index in [-0.39, 0.29) is 84.5 Å². The molecule has 2 unspecified atom stereocenters. The molecule has 0 aliphatic carbocycles. The Bertz CT molecular complexity index is 4110. The van der Waals surface area contributed by atoms with Crippen LogP contribution in [-0.4, -0.2) is 96.4 Å². The van der Waals surface area contributed by atoms with Crippen molar-refractivity contribution >= 4 is 76.2 Å². The summed E-state index contributed by atoms with van der Waals surface area (Å²) < 4.78 is 24.7. The number of aromatic hydroxyl groups is 5. The number of carboxylic acid groups (broad SMARTS) is 1. The summed E-state index contributed by atoms with van der Waals surface area (Å²) in [7, 11) is 1.23. The number of hydrogen-bond donors (Lipinski definition) is 14. The maximum atomic E-state index is 15.8. The molecule has 28 heteroatoms. The number of fused-ring (bicyclic) bond motifs is 14. The average Bonchev–Trinajstić information content (AvgIpc) is 1.32. The van der Waals surface area contributed by atoms with Crippen LogP contribution >= 0.6 is 34.8 Å². The van der Waals surface area contributed by atoms with Crippen molar-refractivity contribution in [3.63, 3.8) is 0 Å². The smallest absolute Gasteiger partial charge is 0.330 e. The number of methoxy groups -OCH3 is 1. The standard InChI is InChI=1S/C59H46Cl3N7O18/c1-84-52-41-16-26-17-42(52)87-39-7-4-23(13-33(39)61)50(74)49-58(81)68-48(59(82)83)30-19-28(71)20-37(73)43(30)31-12-25(14-34(62)51(31)75)46(57(80)69-49)66-56(79)47(26)67-55(78)45-24-10-27(70)18-29(11-24)85-40-15-22(3-5-36(40)72)44(63)54(77)64-35(53(76)65-45)9-21-2-6-38(86-41)32(60)8-21/h2-8,10-20,35,44-50,70-75H,9,63H2,1H3,(H,64,77)(H,65,76)(H,66,79)(H,67,78)(H,68,81)(H,69,80)(H,82,83)/t35-,44-,45+,46?,47-,48+,49?,50+/m0/s1. The number of aliphatic carboxylic acids is 1. The van der Waals surface area contributed by atoms with E-state index < -0.39 is 140 Å². The van der Waals surface area contributed by atoms with Crippen molar-refractivity contribution in [3.05, 3.63) is 163 Å². The number of carbonyl (C=O) groups excluding carboxylic acids is 6. The van der Waals surface area contributed by atoms with Gasteiger partial charge >= 0.3 is 5.97 Å². The molecule has 6 amide bonds. The molecule has 0 saturated carbocycles. The highest BCUT2D eigenvalue weighted by molar-refractivity contribution is 6.33. The minimum absolute atomic E-state index is 0.0647. The van der Waals surface area contributed by atoms with Crippen molar-refractivity contribution in [1.82, 2.24) is 31.9 Å². The lowest BCUT2D eigenvalue weighted by atomic mass is 9.89. The zero-order chi connectivity index (χ0) is 62.0. The zero-order valence-corrected chi connectivity index (χ0v) is 46.8. The van der Waals surface area contributed by atoms with E-state index in [2.05, 4.69) is 31.9 Å². The molecule has 15 N–H and O–H groups in total. The third-order valence-electron chi connectivity index (χ3n) is 14.7. The highest BCUT2D eigenvalue weighted by Crippen LogP contribution is 2.49. The number of nitrogens with one attached hydrogen (secondary N) is 6. The van der Waals surface area contributed by atoms with Crippen LogP contribution in [0.5, 0.6) is 69.0 Å². The van der Waals surface area contributed by atoms with Gasteiger partial charge in [0.15, 0.2) is 29.0 Å². The van der Waals surface area contributed by atoms with E-state index in [4.69, 9.17) is 59.5 Å². The summed E-state index contributed by atoms with van der Waals surface area (Å²) in [4.78, 5) is 104. The average molecular weight is 1250 g/mol. The number of ether oxygens (including phenoxy) is 4. The van der Waals surface area contributed by atoms with Crippen molar-refractivity contribution in [2.75, 3.05) is 7.11 Å². The maximum absolute atomic E-state index is 15.8. The van der Waals surface area contributed by atoms with Gasteiger partial charge in [0.05, 0.1) is 22.2 Å². The van der Waals surface area contributed by atoms with Crippen molar-refractivity contribution in [3.8, 4) is 80.1 Å². The van der Waals surface area contributed by atoms with Gasteiger partial charge in [0.1, 0.15) is 82.6 Å². The number of rotatable bonds is 2. The van der Waals surface area contributed by atoms with E-state index in [0.29, 0.717) is 5.56 Å². The minimum Gasteiger partial charge on any atom is -0.508 e. The predicted molar refractivity (Wildman–Crippen MR) is 305 cm³/mol. The molecule has 7 aromatic carbocycles. The molecule has 6 aliphatic rings. The predicted octanol–water partition coefficient (Wildman–Crippen LogP) is 5.94. The van der Waals surface area contributed by atoms with Gasteiger partial charge in [-0.3, -0.25) is 28.8 Å². The Morgan fingerprint density at radius 1 is 0.540 bits per heavy atom. The molecule has 25 nitrogen and oxygen atoms in total. The lowest BCUT2D eigenvalue weighted by Crippen LogP contribution is -2.55. The number of carboxylic acids is 1. The highest BCUT2D eigenvalue weighted by Gasteiger charge is 2.42. The Kier molecular flexibility index (Phi) is 15.5. The third-order valence-corrected chi connectivity index (χ3v) is 15.6. The Morgan fingerprint density at radius 2 is 1.11 bits per heavy atom. The Morgan fingerprint density at radius 3 is 1.76 bits per heavy atom. The molecular formula is C59H46Cl3N7O18. The van der Waals surface area contributed by atoms with Gasteiger partial charge in [-0.15, -0.1) is 0 Å². The fourth-order valence-corrected chi connectivity index (χ4v) is 11.2. The zero-order valence-electron chi connectivity index (χ0n) is 44.6. The number of halogens is 3. The van der Waals surface area contributed by atoms with Crippen LogP contribution in [0.4, 0.5) is 0 Å². The molecule has 6 aliphatic heterocycles. The quantitative estimate of drug-likeness (QED) is 0.0952. The van der Waals surface area contributed by atoms with Gasteiger partial charge in [-0.25, -0.2) is 4.79 Å². The summed E-state index contributed by atoms with van der Waals surface area (Å²) in [6.07, 6.45) is -2.46. The minimum atomic E-state index is -2.21. The van der Waals surface area contributed by atoms with Crippen LogP contribution in [0.15, 0.2) is 109 Å². The van der Waals surface area contributed by atoms with Gasteiger partial charge in [0.2, 0.25) is 41.2 Å². The summed E-state index contributed by atoms with van der Waals surface area (Å²) in [5.41, 5.74) is 4.25. The van der Waals surface area contributed by atoms with Gasteiger partial charge < -0.3 is 92.3 Å². The molecule has 7 aromatic rings. The van der Waals surface area contributed by atoms with Crippen molar-refractivity contribution in [2.45, 2.75) is 54.8 Å². The fraction of sp³-hybridized carbons (Fsp3) is 0.169. The van der Waals surface area contributed by atoms with E-state index in [9.17, 15) is 54.9 Å². The van der Waals surface area contributed by atoms with Crippen LogP contribution in [0, 0.1) is 0 Å². The van der Waals surface area contributed by atoms with Gasteiger partial charge in [0.25, 0.3) is 0 Å². The number of aliphatic hydroxyl groups is 1. The van der Waals surface area contributed by atoms with Crippen LogP contribution in [0.3, 0.4) is 0 Å². The fourth-order valence-electron chi connectivity index (χ4n) is 10.5. The van der Waals surface area contributed by atoms with Crippen molar-refractivity contribution in [2.24, 2.45) is 5.73 Å². The summed E-state index contributed by atoms with van der Waals surface area (Å²) in [5.74, 6) is -14.0. The topological polar surface area (TPSA) is 396 Å². The molecule has 0 saturated heterocycles. The molecule has 446 valence electrons. The number of aliphatic hydroxyl groups excluding tert-OH is 1. The number of hydrogen-bond acceptors (Lipinski definition) is 18. The second kappa shape index (κ2) is 23.0. The number of phenolic OH excluding ortho intramolecular Hbond substituents is 5. The van der Waals surface area contributed by atoms with E-state index in [1.165, 1.54) is 73.8 Å².